The number of unbranched alkanes of at least 4 members (excludes halogenated alkanes) is 2. The van der Waals surface area contributed by atoms with Crippen molar-refractivity contribution in [1.29, 1.82) is 0 Å². The number of nitrogens with zero attached hydrogens (tertiary/aromatic N) is 2. The maximum Gasteiger partial charge on any atom is 0.122 e. The van der Waals surface area contributed by atoms with E-state index in [0.29, 0.717) is 0 Å². The molecule has 0 radical (unpaired) electrons. The first-order valence-electron chi connectivity index (χ1n) is 9.04. The Morgan fingerprint density at radius 1 is 0.913 bits per heavy atom. The molecule has 4 heteroatoms. The normalized spacial score (nSPS) is 16.4. The Morgan fingerprint density at radius 2 is 1.57 bits per heavy atom. The van der Waals surface area contributed by atoms with Crippen molar-refractivity contribution in [3.05, 3.63) is 24.3 Å². The molecular formula is C19H32N2O2. The zero-order chi connectivity index (χ0) is 16.3. The molecule has 1 fully saturated rings. The lowest BCUT2D eigenvalue weighted by atomic mass is 10.2. The van der Waals surface area contributed by atoms with Crippen LogP contribution in [0.2, 0.25) is 0 Å². The summed E-state index contributed by atoms with van der Waals surface area (Å²) in [6.45, 7) is 9.73. The zero-order valence-electron chi connectivity index (χ0n) is 14.8. The Bertz CT molecular complexity index is 431. The van der Waals surface area contributed by atoms with Crippen molar-refractivity contribution in [2.24, 2.45) is 0 Å². The van der Waals surface area contributed by atoms with E-state index < -0.39 is 0 Å². The van der Waals surface area contributed by atoms with Crippen molar-refractivity contribution < 1.29 is 9.47 Å². The van der Waals surface area contributed by atoms with E-state index in [9.17, 15) is 0 Å². The van der Waals surface area contributed by atoms with Crippen LogP contribution in [0.25, 0.3) is 0 Å². The lowest BCUT2D eigenvalue weighted by Gasteiger charge is -2.32. The van der Waals surface area contributed by atoms with Gasteiger partial charge in [-0.05, 0) is 45.0 Å². The second kappa shape index (κ2) is 10.5. The summed E-state index contributed by atoms with van der Waals surface area (Å²) in [5, 5.41) is 0. The molecule has 2 rings (SSSR count). The molecule has 1 aliphatic heterocycles. The number of rotatable bonds is 10. The molecule has 1 aliphatic rings. The largest absolute Gasteiger partial charge is 0.493 e. The topological polar surface area (TPSA) is 24.9 Å². The fourth-order valence-electron chi connectivity index (χ4n) is 2.69. The van der Waals surface area contributed by atoms with Crippen LogP contribution in [0.5, 0.6) is 11.5 Å². The van der Waals surface area contributed by atoms with Gasteiger partial charge >= 0.3 is 0 Å². The highest BCUT2D eigenvalue weighted by Gasteiger charge is 2.12. The van der Waals surface area contributed by atoms with Gasteiger partial charge in [-0.25, -0.2) is 0 Å². The third-order valence-electron chi connectivity index (χ3n) is 4.31. The van der Waals surface area contributed by atoms with Crippen molar-refractivity contribution >= 4 is 0 Å². The van der Waals surface area contributed by atoms with Crippen LogP contribution in [-0.4, -0.2) is 62.8 Å². The molecule has 0 aromatic heterocycles. The summed E-state index contributed by atoms with van der Waals surface area (Å²) in [6.07, 6.45) is 4.56. The van der Waals surface area contributed by atoms with E-state index in [0.717, 1.165) is 44.0 Å². The van der Waals surface area contributed by atoms with E-state index in [1.807, 2.05) is 24.3 Å². The number of likely N-dealkylation sites (N-methyl/N-ethyl adjacent to an activating group) is 1. The molecule has 0 aliphatic carbocycles. The molecule has 0 spiro atoms. The van der Waals surface area contributed by atoms with E-state index >= 15 is 0 Å². The van der Waals surface area contributed by atoms with Crippen LogP contribution in [0.4, 0.5) is 0 Å². The number of hydrogen-bond acceptors (Lipinski definition) is 4. The van der Waals surface area contributed by atoms with Gasteiger partial charge in [0.25, 0.3) is 0 Å². The van der Waals surface area contributed by atoms with E-state index in [-0.39, 0.29) is 0 Å². The third kappa shape index (κ3) is 7.23. The monoisotopic (exact) mass is 320 g/mol. The van der Waals surface area contributed by atoms with Crippen LogP contribution in [0, 0.1) is 0 Å². The molecule has 0 amide bonds. The van der Waals surface area contributed by atoms with Crippen molar-refractivity contribution in [3.8, 4) is 11.5 Å². The summed E-state index contributed by atoms with van der Waals surface area (Å²) in [6, 6.07) is 8.00. The maximum atomic E-state index is 5.85. The second-order valence-electron chi connectivity index (χ2n) is 6.38. The molecule has 1 aromatic carbocycles. The first-order valence-corrected chi connectivity index (χ1v) is 9.04. The minimum absolute atomic E-state index is 0.783. The molecule has 0 unspecified atom stereocenters. The van der Waals surface area contributed by atoms with E-state index in [1.165, 1.54) is 39.1 Å². The molecular weight excluding hydrogens is 288 g/mol. The Morgan fingerprint density at radius 3 is 2.22 bits per heavy atom. The van der Waals surface area contributed by atoms with Gasteiger partial charge in [0.2, 0.25) is 0 Å². The minimum Gasteiger partial charge on any atom is -0.493 e. The summed E-state index contributed by atoms with van der Waals surface area (Å²) in [4.78, 5) is 4.96. The first-order chi connectivity index (χ1) is 11.3. The molecule has 0 saturated carbocycles. The summed E-state index contributed by atoms with van der Waals surface area (Å²) < 4.78 is 11.6. The number of piperazine rings is 1. The quantitative estimate of drug-likeness (QED) is 0.618. The SMILES string of the molecule is CCCCOc1cccc(OCCCCN2CCN(C)CC2)c1. The fraction of sp³-hybridized carbons (Fsp3) is 0.684. The zero-order valence-corrected chi connectivity index (χ0v) is 14.8. The van der Waals surface area contributed by atoms with Crippen molar-refractivity contribution in [1.82, 2.24) is 9.80 Å². The van der Waals surface area contributed by atoms with Gasteiger partial charge in [0.15, 0.2) is 0 Å². The minimum atomic E-state index is 0.783. The fourth-order valence-corrected chi connectivity index (χ4v) is 2.69. The smallest absolute Gasteiger partial charge is 0.122 e. The van der Waals surface area contributed by atoms with Crippen LogP contribution in [-0.2, 0) is 0 Å². The molecule has 130 valence electrons. The molecule has 1 aromatic rings. The lowest BCUT2D eigenvalue weighted by molar-refractivity contribution is 0.150. The van der Waals surface area contributed by atoms with Gasteiger partial charge in [0.05, 0.1) is 13.2 Å². The third-order valence-corrected chi connectivity index (χ3v) is 4.31. The molecule has 0 N–H and O–H groups in total. The molecule has 1 saturated heterocycles. The molecule has 4 nitrogen and oxygen atoms in total. The van der Waals surface area contributed by atoms with Crippen molar-refractivity contribution in [2.45, 2.75) is 32.6 Å². The number of benzene rings is 1. The number of ether oxygens (including phenoxy) is 2. The van der Waals surface area contributed by atoms with Gasteiger partial charge in [-0.1, -0.05) is 19.4 Å². The lowest BCUT2D eigenvalue weighted by Crippen LogP contribution is -2.44. The van der Waals surface area contributed by atoms with E-state index in [4.69, 9.17) is 9.47 Å². The van der Waals surface area contributed by atoms with Gasteiger partial charge in [-0.15, -0.1) is 0 Å². The van der Waals surface area contributed by atoms with Gasteiger partial charge in [0.1, 0.15) is 11.5 Å². The Balaban J connectivity index is 1.57. The van der Waals surface area contributed by atoms with Gasteiger partial charge in [-0.3, -0.25) is 0 Å². The van der Waals surface area contributed by atoms with Crippen LogP contribution >= 0.6 is 0 Å². The maximum absolute atomic E-state index is 5.85. The van der Waals surface area contributed by atoms with Crippen LogP contribution in [0.1, 0.15) is 32.6 Å². The van der Waals surface area contributed by atoms with Crippen LogP contribution in [0.3, 0.4) is 0 Å². The highest BCUT2D eigenvalue weighted by atomic mass is 16.5. The average molecular weight is 320 g/mol. The van der Waals surface area contributed by atoms with E-state index in [1.54, 1.807) is 0 Å². The Kier molecular flexibility index (Phi) is 8.26. The van der Waals surface area contributed by atoms with Crippen molar-refractivity contribution in [3.63, 3.8) is 0 Å². The Hall–Kier alpha value is -1.26. The van der Waals surface area contributed by atoms with Crippen molar-refractivity contribution in [2.75, 3.05) is 53.0 Å². The molecule has 23 heavy (non-hydrogen) atoms. The standard InChI is InChI=1S/C19H32N2O2/c1-3-4-15-22-18-8-7-9-19(17-18)23-16-6-5-10-21-13-11-20(2)12-14-21/h7-9,17H,3-6,10-16H2,1-2H3. The highest BCUT2D eigenvalue weighted by molar-refractivity contribution is 5.32. The molecule has 0 bridgehead atoms. The summed E-state index contributed by atoms with van der Waals surface area (Å²) in [5.74, 6) is 1.83. The summed E-state index contributed by atoms with van der Waals surface area (Å²) >= 11 is 0. The van der Waals surface area contributed by atoms with Crippen LogP contribution in [0.15, 0.2) is 24.3 Å². The van der Waals surface area contributed by atoms with Gasteiger partial charge in [-0.2, -0.15) is 0 Å². The van der Waals surface area contributed by atoms with Crippen LogP contribution < -0.4 is 9.47 Å². The average Bonchev–Trinajstić information content (AvgIpc) is 2.57. The van der Waals surface area contributed by atoms with Gasteiger partial charge < -0.3 is 19.3 Å². The number of hydrogen-bond donors (Lipinski definition) is 0. The van der Waals surface area contributed by atoms with Gasteiger partial charge in [0, 0.05) is 32.2 Å². The molecule has 1 heterocycles. The highest BCUT2D eigenvalue weighted by Crippen LogP contribution is 2.20. The summed E-state index contributed by atoms with van der Waals surface area (Å²) in [5.41, 5.74) is 0. The van der Waals surface area contributed by atoms with E-state index in [2.05, 4.69) is 23.8 Å². The second-order valence-corrected chi connectivity index (χ2v) is 6.38. The predicted octanol–water partition coefficient (Wildman–Crippen LogP) is 3.27. The predicted molar refractivity (Wildman–Crippen MR) is 95.5 cm³/mol. The summed E-state index contributed by atoms with van der Waals surface area (Å²) in [7, 11) is 2.20. The molecule has 0 atom stereocenters. The first kappa shape index (κ1) is 18.1. The Labute approximate surface area is 141 Å².